The van der Waals surface area contributed by atoms with E-state index in [2.05, 4.69) is 108 Å². The molecule has 0 atom stereocenters. The summed E-state index contributed by atoms with van der Waals surface area (Å²) in [5, 5.41) is 9.80. The Morgan fingerprint density at radius 3 is 2.31 bits per heavy atom. The highest BCUT2D eigenvalue weighted by Gasteiger charge is 2.16. The fourth-order valence-corrected chi connectivity index (χ4v) is 6.39. The SMILES string of the molecule is c1ccc(-n2c3ccccc3c3cc(-c4nc5c6sc7ccccc7c6ccn5n4)ccc32)cc1. The Balaban J connectivity index is 1.37. The van der Waals surface area contributed by atoms with Gasteiger partial charge in [-0.15, -0.1) is 16.4 Å². The molecule has 164 valence electrons. The maximum absolute atomic E-state index is 5.01. The summed E-state index contributed by atoms with van der Waals surface area (Å²) in [7, 11) is 0. The third-order valence-electron chi connectivity index (χ3n) is 6.80. The van der Waals surface area contributed by atoms with Gasteiger partial charge in [-0.25, -0.2) is 9.50 Å². The van der Waals surface area contributed by atoms with Crippen LogP contribution in [0.5, 0.6) is 0 Å². The van der Waals surface area contributed by atoms with Gasteiger partial charge in [0, 0.05) is 43.7 Å². The van der Waals surface area contributed by atoms with E-state index in [4.69, 9.17) is 10.1 Å². The molecule has 0 N–H and O–H groups in total. The number of benzene rings is 4. The van der Waals surface area contributed by atoms with Crippen molar-refractivity contribution in [1.82, 2.24) is 19.2 Å². The van der Waals surface area contributed by atoms with E-state index in [-0.39, 0.29) is 0 Å². The summed E-state index contributed by atoms with van der Waals surface area (Å²) in [6, 6.07) is 36.3. The second-order valence-corrected chi connectivity index (χ2v) is 9.83. The van der Waals surface area contributed by atoms with Gasteiger partial charge in [-0.05, 0) is 48.5 Å². The lowest BCUT2D eigenvalue weighted by molar-refractivity contribution is 0.972. The molecule has 0 unspecified atom stereocenters. The monoisotopic (exact) mass is 466 g/mol. The minimum absolute atomic E-state index is 0.744. The van der Waals surface area contributed by atoms with Gasteiger partial charge in [0.25, 0.3) is 0 Å². The fourth-order valence-electron chi connectivity index (χ4n) is 5.21. The van der Waals surface area contributed by atoms with Crippen molar-refractivity contribution in [1.29, 1.82) is 0 Å². The first kappa shape index (κ1) is 18.9. The van der Waals surface area contributed by atoms with Crippen LogP contribution in [0.4, 0.5) is 0 Å². The average Bonchev–Trinajstić information content (AvgIpc) is 3.60. The first-order chi connectivity index (χ1) is 17.3. The molecule has 5 heteroatoms. The molecular weight excluding hydrogens is 448 g/mol. The first-order valence-electron chi connectivity index (χ1n) is 11.6. The highest BCUT2D eigenvalue weighted by atomic mass is 32.1. The number of fused-ring (bicyclic) bond motifs is 8. The van der Waals surface area contributed by atoms with Crippen LogP contribution in [0, 0.1) is 0 Å². The van der Waals surface area contributed by atoms with Gasteiger partial charge >= 0.3 is 0 Å². The fraction of sp³-hybridized carbons (Fsp3) is 0. The second-order valence-electron chi connectivity index (χ2n) is 8.78. The summed E-state index contributed by atoms with van der Waals surface area (Å²) in [6.45, 7) is 0. The Morgan fingerprint density at radius 1 is 0.629 bits per heavy atom. The molecular formula is C30H18N4S. The smallest absolute Gasteiger partial charge is 0.182 e. The zero-order valence-electron chi connectivity index (χ0n) is 18.6. The van der Waals surface area contributed by atoms with Gasteiger partial charge in [-0.1, -0.05) is 54.6 Å². The van der Waals surface area contributed by atoms with Crippen LogP contribution in [0.2, 0.25) is 0 Å². The van der Waals surface area contributed by atoms with Gasteiger partial charge in [0.1, 0.15) is 0 Å². The van der Waals surface area contributed by atoms with Gasteiger partial charge < -0.3 is 4.57 Å². The molecule has 4 heterocycles. The van der Waals surface area contributed by atoms with E-state index in [9.17, 15) is 0 Å². The number of nitrogens with zero attached hydrogens (tertiary/aromatic N) is 4. The van der Waals surface area contributed by atoms with Crippen LogP contribution in [0.3, 0.4) is 0 Å². The van der Waals surface area contributed by atoms with Crippen molar-refractivity contribution in [2.24, 2.45) is 0 Å². The molecule has 0 fully saturated rings. The van der Waals surface area contributed by atoms with Crippen molar-refractivity contribution in [3.63, 3.8) is 0 Å². The molecule has 35 heavy (non-hydrogen) atoms. The number of hydrogen-bond donors (Lipinski definition) is 0. The van der Waals surface area contributed by atoms with Gasteiger partial charge in [-0.3, -0.25) is 0 Å². The molecule has 4 aromatic heterocycles. The summed E-state index contributed by atoms with van der Waals surface area (Å²) in [5.74, 6) is 0.744. The van der Waals surface area contributed by atoms with Crippen molar-refractivity contribution in [3.8, 4) is 17.1 Å². The molecule has 0 bridgehead atoms. The van der Waals surface area contributed by atoms with E-state index in [0.29, 0.717) is 0 Å². The summed E-state index contributed by atoms with van der Waals surface area (Å²) in [6.07, 6.45) is 2.02. The summed E-state index contributed by atoms with van der Waals surface area (Å²) >= 11 is 1.78. The number of hydrogen-bond acceptors (Lipinski definition) is 3. The van der Waals surface area contributed by atoms with Crippen LogP contribution in [-0.2, 0) is 0 Å². The van der Waals surface area contributed by atoms with Crippen molar-refractivity contribution in [3.05, 3.63) is 109 Å². The Kier molecular flexibility index (Phi) is 3.78. The Morgan fingerprint density at radius 2 is 1.40 bits per heavy atom. The van der Waals surface area contributed by atoms with Gasteiger partial charge in [-0.2, -0.15) is 0 Å². The standard InChI is InChI=1S/C30H18N4S/c1-2-8-20(9-3-1)34-25-12-6-4-10-21(25)24-18-19(14-15-26(24)34)29-31-30-28-23(16-17-33(30)32-29)22-11-5-7-13-27(22)35-28/h1-18H. The Hall–Kier alpha value is -4.48. The van der Waals surface area contributed by atoms with Gasteiger partial charge in [0.05, 0.1) is 15.7 Å². The van der Waals surface area contributed by atoms with E-state index in [0.717, 1.165) is 22.7 Å². The molecule has 4 aromatic carbocycles. The lowest BCUT2D eigenvalue weighted by Crippen LogP contribution is -1.92. The number of para-hydroxylation sites is 2. The zero-order valence-corrected chi connectivity index (χ0v) is 19.4. The maximum atomic E-state index is 5.01. The molecule has 0 saturated heterocycles. The number of rotatable bonds is 2. The number of thiophene rings is 1. The van der Waals surface area contributed by atoms with Crippen LogP contribution in [-0.4, -0.2) is 19.2 Å². The minimum Gasteiger partial charge on any atom is -0.309 e. The van der Waals surface area contributed by atoms with Crippen LogP contribution < -0.4 is 0 Å². The Labute approximate surface area is 204 Å². The normalized spacial score (nSPS) is 12.0. The maximum Gasteiger partial charge on any atom is 0.182 e. The number of pyridine rings is 1. The van der Waals surface area contributed by atoms with Crippen LogP contribution in [0.15, 0.2) is 109 Å². The van der Waals surface area contributed by atoms with Crippen LogP contribution in [0.25, 0.3) is 64.7 Å². The summed E-state index contributed by atoms with van der Waals surface area (Å²) in [4.78, 5) is 5.01. The second kappa shape index (κ2) is 7.01. The average molecular weight is 467 g/mol. The molecule has 0 aliphatic heterocycles. The molecule has 0 spiro atoms. The molecule has 0 radical (unpaired) electrons. The highest BCUT2D eigenvalue weighted by molar-refractivity contribution is 7.26. The molecule has 0 amide bonds. The van der Waals surface area contributed by atoms with Crippen molar-refractivity contribution < 1.29 is 0 Å². The van der Waals surface area contributed by atoms with E-state index in [1.807, 2.05) is 10.7 Å². The van der Waals surface area contributed by atoms with E-state index >= 15 is 0 Å². The molecule has 0 aliphatic carbocycles. The predicted molar refractivity (Wildman–Crippen MR) is 146 cm³/mol. The lowest BCUT2D eigenvalue weighted by atomic mass is 10.1. The number of aromatic nitrogens is 4. The van der Waals surface area contributed by atoms with Gasteiger partial charge in [0.2, 0.25) is 0 Å². The lowest BCUT2D eigenvalue weighted by Gasteiger charge is -2.07. The van der Waals surface area contributed by atoms with Gasteiger partial charge in [0.15, 0.2) is 11.5 Å². The summed E-state index contributed by atoms with van der Waals surface area (Å²) in [5.41, 5.74) is 5.46. The molecule has 4 nitrogen and oxygen atoms in total. The summed E-state index contributed by atoms with van der Waals surface area (Å²) < 4.78 is 6.68. The first-order valence-corrected chi connectivity index (χ1v) is 12.4. The predicted octanol–water partition coefficient (Wildman–Crippen LogP) is 7.86. The van der Waals surface area contributed by atoms with Crippen molar-refractivity contribution >= 4 is 59.0 Å². The van der Waals surface area contributed by atoms with Crippen molar-refractivity contribution in [2.75, 3.05) is 0 Å². The van der Waals surface area contributed by atoms with E-state index in [1.165, 1.54) is 42.0 Å². The minimum atomic E-state index is 0.744. The third kappa shape index (κ3) is 2.67. The van der Waals surface area contributed by atoms with E-state index < -0.39 is 0 Å². The van der Waals surface area contributed by atoms with Crippen molar-refractivity contribution in [2.45, 2.75) is 0 Å². The zero-order chi connectivity index (χ0) is 22.9. The molecule has 0 aliphatic rings. The van der Waals surface area contributed by atoms with E-state index in [1.54, 1.807) is 11.3 Å². The van der Waals surface area contributed by atoms with Crippen LogP contribution >= 0.6 is 11.3 Å². The largest absolute Gasteiger partial charge is 0.309 e. The molecule has 8 aromatic rings. The quantitative estimate of drug-likeness (QED) is 0.260. The highest BCUT2D eigenvalue weighted by Crippen LogP contribution is 2.37. The molecule has 0 saturated carbocycles. The van der Waals surface area contributed by atoms with Crippen LogP contribution in [0.1, 0.15) is 0 Å². The third-order valence-corrected chi connectivity index (χ3v) is 7.98. The molecule has 8 rings (SSSR count). The topological polar surface area (TPSA) is 35.1 Å². The Bertz CT molecular complexity index is 2060.